The Bertz CT molecular complexity index is 1730. The smallest absolute Gasteiger partial charge is 0.352 e. The summed E-state index contributed by atoms with van der Waals surface area (Å²) >= 11 is 2.20. The van der Waals surface area contributed by atoms with Crippen molar-refractivity contribution in [1.82, 2.24) is 20.2 Å². The van der Waals surface area contributed by atoms with Gasteiger partial charge in [0.1, 0.15) is 29.4 Å². The van der Waals surface area contributed by atoms with Gasteiger partial charge in [0.05, 0.1) is 6.20 Å². The number of nitrogens with zero attached hydrogens (tertiary/aromatic N) is 5. The van der Waals surface area contributed by atoms with E-state index in [4.69, 9.17) is 16.3 Å². The number of nitrogen functional groups attached to an aromatic ring is 2. The fourth-order valence-corrected chi connectivity index (χ4v) is 6.26. The van der Waals surface area contributed by atoms with Gasteiger partial charge in [-0.3, -0.25) is 14.5 Å². The number of aromatic hydroxyl groups is 2. The number of oxime groups is 1. The normalized spacial score (nSPS) is 18.7. The quantitative estimate of drug-likeness (QED) is 0.0478. The van der Waals surface area contributed by atoms with E-state index in [0.717, 1.165) is 28.4 Å². The molecular weight excluding hydrogens is 620 g/mol. The monoisotopic (exact) mass is 643 g/mol. The maximum absolute atomic E-state index is 13.4. The number of β-lactam (4-membered cyclic amide) rings is 1. The van der Waals surface area contributed by atoms with Crippen LogP contribution in [0.5, 0.6) is 11.5 Å². The SMILES string of the molecule is Nc1cc[n+](CC2=C(C(=O)O)N3C(=O)[C@@H](NC(=O)/C(=N\OC(C(=O)O)c4ccc(O)c(O)c4)c4csc(N)n4)[C@H]3SC2)cn1. The summed E-state index contributed by atoms with van der Waals surface area (Å²) in [5, 5.41) is 45.8. The number of nitrogens with one attached hydrogen (secondary N) is 1. The Morgan fingerprint density at radius 1 is 1.20 bits per heavy atom. The molecule has 5 rings (SSSR count). The van der Waals surface area contributed by atoms with Gasteiger partial charge < -0.3 is 42.0 Å². The third-order valence-electron chi connectivity index (χ3n) is 6.46. The number of carboxylic acid groups (broad SMARTS) is 2. The fraction of sp³-hybridized carbons (Fsp3) is 0.200. The number of rotatable bonds is 10. The van der Waals surface area contributed by atoms with E-state index in [1.807, 2.05) is 0 Å². The van der Waals surface area contributed by atoms with Crippen LogP contribution in [0, 0.1) is 0 Å². The van der Waals surface area contributed by atoms with Crippen LogP contribution in [-0.4, -0.2) is 81.9 Å². The number of carbonyl (C=O) groups excluding carboxylic acids is 2. The molecule has 44 heavy (non-hydrogen) atoms. The summed E-state index contributed by atoms with van der Waals surface area (Å²) in [4.78, 5) is 64.9. The molecule has 9 N–H and O–H groups in total. The number of fused-ring (bicyclic) bond motifs is 1. The van der Waals surface area contributed by atoms with Crippen molar-refractivity contribution in [2.45, 2.75) is 24.1 Å². The number of phenols is 2. The number of thiazole rings is 1. The zero-order valence-electron chi connectivity index (χ0n) is 22.2. The van der Waals surface area contributed by atoms with Crippen LogP contribution < -0.4 is 21.4 Å². The first-order valence-corrected chi connectivity index (χ1v) is 14.4. The van der Waals surface area contributed by atoms with Crippen molar-refractivity contribution in [3.05, 3.63) is 64.7 Å². The topological polar surface area (TPSA) is 268 Å². The van der Waals surface area contributed by atoms with Gasteiger partial charge in [0.2, 0.25) is 11.9 Å². The highest BCUT2D eigenvalue weighted by molar-refractivity contribution is 8.00. The van der Waals surface area contributed by atoms with E-state index in [-0.39, 0.29) is 40.2 Å². The van der Waals surface area contributed by atoms with Crippen molar-refractivity contribution < 1.29 is 49.0 Å². The van der Waals surface area contributed by atoms with Crippen molar-refractivity contribution in [3.63, 3.8) is 0 Å². The number of hydrogen-bond acceptors (Lipinski definition) is 14. The van der Waals surface area contributed by atoms with E-state index in [1.165, 1.54) is 29.5 Å². The number of benzene rings is 1. The summed E-state index contributed by atoms with van der Waals surface area (Å²) in [6, 6.07) is 3.58. The summed E-state index contributed by atoms with van der Waals surface area (Å²) in [5.41, 5.74) is 10.9. The molecular formula is C25H23N8O9S2+. The summed E-state index contributed by atoms with van der Waals surface area (Å²) in [5.74, 6) is -5.09. The molecule has 1 unspecified atom stereocenters. The van der Waals surface area contributed by atoms with Crippen molar-refractivity contribution in [2.24, 2.45) is 5.16 Å². The minimum atomic E-state index is -1.81. The molecule has 2 aliphatic rings. The average molecular weight is 644 g/mol. The average Bonchev–Trinajstić information content (AvgIpc) is 3.41. The van der Waals surface area contributed by atoms with Gasteiger partial charge in [-0.25, -0.2) is 19.1 Å². The Kier molecular flexibility index (Phi) is 8.23. The number of nitrogens with two attached hydrogens (primary N) is 2. The van der Waals surface area contributed by atoms with Gasteiger partial charge in [-0.1, -0.05) is 11.2 Å². The first kappa shape index (κ1) is 30.0. The maximum atomic E-state index is 13.4. The Balaban J connectivity index is 1.37. The lowest BCUT2D eigenvalue weighted by Gasteiger charge is -2.49. The molecule has 2 amide bonds. The highest BCUT2D eigenvalue weighted by Crippen LogP contribution is 2.40. The Morgan fingerprint density at radius 3 is 2.59 bits per heavy atom. The second-order valence-electron chi connectivity index (χ2n) is 9.36. The van der Waals surface area contributed by atoms with Crippen molar-refractivity contribution in [1.29, 1.82) is 0 Å². The van der Waals surface area contributed by atoms with Gasteiger partial charge in [0, 0.05) is 28.3 Å². The largest absolute Gasteiger partial charge is 0.504 e. The minimum absolute atomic E-state index is 0.0606. The first-order valence-electron chi connectivity index (χ1n) is 12.5. The van der Waals surface area contributed by atoms with Crippen LogP contribution in [0.15, 0.2) is 58.6 Å². The van der Waals surface area contributed by atoms with Crippen LogP contribution in [-0.2, 0) is 30.6 Å². The second-order valence-corrected chi connectivity index (χ2v) is 11.4. The highest BCUT2D eigenvalue weighted by Gasteiger charge is 2.54. The number of carbonyl (C=O) groups is 4. The van der Waals surface area contributed by atoms with Gasteiger partial charge in [0.15, 0.2) is 22.3 Å². The van der Waals surface area contributed by atoms with Crippen LogP contribution in [0.1, 0.15) is 17.4 Å². The third-order valence-corrected chi connectivity index (χ3v) is 8.47. The summed E-state index contributed by atoms with van der Waals surface area (Å²) in [7, 11) is 0. The fourth-order valence-electron chi connectivity index (χ4n) is 4.38. The number of aliphatic carboxylic acids is 2. The number of anilines is 2. The summed E-state index contributed by atoms with van der Waals surface area (Å²) in [6.07, 6.45) is 1.25. The van der Waals surface area contributed by atoms with Gasteiger partial charge in [-0.2, -0.15) is 0 Å². The van der Waals surface area contributed by atoms with E-state index in [0.29, 0.717) is 5.57 Å². The van der Waals surface area contributed by atoms with Crippen LogP contribution >= 0.6 is 23.1 Å². The minimum Gasteiger partial charge on any atom is -0.504 e. The molecule has 1 fully saturated rings. The molecule has 17 nitrogen and oxygen atoms in total. The zero-order chi connectivity index (χ0) is 31.7. The lowest BCUT2D eigenvalue weighted by molar-refractivity contribution is -0.691. The molecule has 0 aliphatic carbocycles. The van der Waals surface area contributed by atoms with Gasteiger partial charge in [0.25, 0.3) is 18.1 Å². The standard InChI is InChI=1S/C25H22N8O9S2/c26-15-3-4-32(9-28-15)6-11-7-43-22-17(21(37)33(22)18(11)23(38)39)30-20(36)16(12-8-44-25(27)29-12)31-42-19(24(40)41)10-1-2-13(34)14(35)5-10/h1-5,8-9,17,19,22,26H,6-7H2,(H7,27,29,30,31,34,35,36,38,39,40,41)/p+1/t17-,19?,22-/m1/s1. The molecule has 0 spiro atoms. The van der Waals surface area contributed by atoms with E-state index >= 15 is 0 Å². The van der Waals surface area contributed by atoms with Gasteiger partial charge >= 0.3 is 11.9 Å². The number of amides is 2. The maximum Gasteiger partial charge on any atom is 0.352 e. The molecule has 2 aromatic heterocycles. The van der Waals surface area contributed by atoms with Crippen molar-refractivity contribution in [2.75, 3.05) is 17.2 Å². The van der Waals surface area contributed by atoms with Crippen molar-refractivity contribution >= 4 is 63.5 Å². The van der Waals surface area contributed by atoms with E-state index in [2.05, 4.69) is 20.4 Å². The number of phenolic OH excluding ortho intramolecular Hbond substituents is 2. The van der Waals surface area contributed by atoms with E-state index in [9.17, 15) is 39.6 Å². The van der Waals surface area contributed by atoms with Crippen LogP contribution in [0.4, 0.5) is 10.9 Å². The zero-order valence-corrected chi connectivity index (χ0v) is 23.9. The lowest BCUT2D eigenvalue weighted by atomic mass is 10.0. The molecule has 0 saturated carbocycles. The molecule has 0 bridgehead atoms. The Hall–Kier alpha value is -5.43. The summed E-state index contributed by atoms with van der Waals surface area (Å²) < 4.78 is 1.62. The molecule has 1 saturated heterocycles. The van der Waals surface area contributed by atoms with E-state index < -0.39 is 58.5 Å². The molecule has 0 radical (unpaired) electrons. The number of aromatic nitrogens is 3. The second kappa shape index (κ2) is 12.1. The van der Waals surface area contributed by atoms with Crippen LogP contribution in [0.3, 0.4) is 0 Å². The molecule has 1 aromatic carbocycles. The molecule has 4 heterocycles. The van der Waals surface area contributed by atoms with E-state index in [1.54, 1.807) is 16.8 Å². The highest BCUT2D eigenvalue weighted by atomic mass is 32.2. The van der Waals surface area contributed by atoms with Gasteiger partial charge in [-0.15, -0.1) is 23.1 Å². The van der Waals surface area contributed by atoms with Gasteiger partial charge in [-0.05, 0) is 17.1 Å². The Labute approximate surface area is 255 Å². The molecule has 3 aromatic rings. The number of thioether (sulfide) groups is 1. The predicted molar refractivity (Wildman–Crippen MR) is 153 cm³/mol. The molecule has 228 valence electrons. The lowest BCUT2D eigenvalue weighted by Crippen LogP contribution is -2.71. The van der Waals surface area contributed by atoms with Crippen molar-refractivity contribution in [3.8, 4) is 11.5 Å². The Morgan fingerprint density at radius 2 is 1.98 bits per heavy atom. The predicted octanol–water partition coefficient (Wildman–Crippen LogP) is -0.613. The molecule has 19 heteroatoms. The summed E-state index contributed by atoms with van der Waals surface area (Å²) in [6.45, 7) is 0.137. The number of hydrogen-bond donors (Lipinski definition) is 7. The molecule has 3 atom stereocenters. The first-order chi connectivity index (χ1) is 20.9. The molecule has 2 aliphatic heterocycles. The van der Waals surface area contributed by atoms with Crippen LogP contribution in [0.2, 0.25) is 0 Å². The van der Waals surface area contributed by atoms with Crippen LogP contribution in [0.25, 0.3) is 0 Å². The third kappa shape index (κ3) is 5.90. The number of carboxylic acids is 2.